The van der Waals surface area contributed by atoms with Crippen molar-refractivity contribution in [3.05, 3.63) is 20.8 Å². The molecule has 0 fully saturated rings. The monoisotopic (exact) mass is 254 g/mol. The summed E-state index contributed by atoms with van der Waals surface area (Å²) in [6, 6.07) is 0. The van der Waals surface area contributed by atoms with Crippen molar-refractivity contribution in [2.45, 2.75) is 52.6 Å². The minimum absolute atomic E-state index is 0.201. The number of nitrogens with zero attached hydrogens (tertiary/aromatic N) is 1. The van der Waals surface area contributed by atoms with Crippen molar-refractivity contribution in [2.24, 2.45) is 0 Å². The van der Waals surface area contributed by atoms with E-state index in [1.54, 1.807) is 0 Å². The maximum atomic E-state index is 11.8. The Morgan fingerprint density at radius 1 is 1.33 bits per heavy atom. The number of hydrogen-bond donors (Lipinski definition) is 3. The van der Waals surface area contributed by atoms with Crippen LogP contribution < -0.4 is 22.3 Å². The maximum absolute atomic E-state index is 11.8. The van der Waals surface area contributed by atoms with E-state index in [2.05, 4.69) is 10.3 Å². The first kappa shape index (κ1) is 14.3. The van der Waals surface area contributed by atoms with Gasteiger partial charge in [-0.2, -0.15) is 0 Å². The Morgan fingerprint density at radius 3 is 2.44 bits per heavy atom. The van der Waals surface area contributed by atoms with Gasteiger partial charge in [-0.25, -0.2) is 4.79 Å². The van der Waals surface area contributed by atoms with Crippen LogP contribution in [0, 0.1) is 0 Å². The smallest absolute Gasteiger partial charge is 0.330 e. The van der Waals surface area contributed by atoms with E-state index in [9.17, 15) is 9.59 Å². The molecule has 0 saturated carbocycles. The molecule has 102 valence electrons. The summed E-state index contributed by atoms with van der Waals surface area (Å²) in [7, 11) is 0. The molecule has 1 rings (SSSR count). The largest absolute Gasteiger partial charge is 0.383 e. The summed E-state index contributed by atoms with van der Waals surface area (Å²) in [5, 5.41) is 3.10. The first-order valence-electron chi connectivity index (χ1n) is 6.23. The quantitative estimate of drug-likeness (QED) is 0.734. The van der Waals surface area contributed by atoms with Gasteiger partial charge in [-0.15, -0.1) is 0 Å². The van der Waals surface area contributed by atoms with Crippen molar-refractivity contribution in [1.82, 2.24) is 9.55 Å². The molecule has 1 aromatic heterocycles. The fourth-order valence-corrected chi connectivity index (χ4v) is 1.58. The second-order valence-electron chi connectivity index (χ2n) is 5.03. The van der Waals surface area contributed by atoms with Crippen molar-refractivity contribution < 1.29 is 0 Å². The molecule has 0 saturated heterocycles. The Kier molecular flexibility index (Phi) is 4.21. The number of aromatic amines is 1. The first-order chi connectivity index (χ1) is 8.32. The fourth-order valence-electron chi connectivity index (χ4n) is 1.58. The molecule has 0 unspecified atom stereocenters. The van der Waals surface area contributed by atoms with Gasteiger partial charge in [-0.1, -0.05) is 13.8 Å². The molecular formula is C12H22N4O2. The fraction of sp³-hybridized carbons (Fsp3) is 0.667. The van der Waals surface area contributed by atoms with Crippen LogP contribution in [-0.4, -0.2) is 15.1 Å². The average Bonchev–Trinajstić information content (AvgIpc) is 2.30. The van der Waals surface area contributed by atoms with E-state index in [-0.39, 0.29) is 17.0 Å². The van der Waals surface area contributed by atoms with E-state index in [0.29, 0.717) is 6.54 Å². The Balaban J connectivity index is 3.32. The third kappa shape index (κ3) is 2.94. The summed E-state index contributed by atoms with van der Waals surface area (Å²) in [4.78, 5) is 25.7. The first-order valence-corrected chi connectivity index (χ1v) is 6.23. The standard InChI is InChI=1S/C12H22N4O2/c1-5-7-16-9(13)8(10(17)14-11(16)18)15-12(3,4)6-2/h15H,5-7,13H2,1-4H3,(H,14,17,18). The van der Waals surface area contributed by atoms with Crippen LogP contribution in [0.2, 0.25) is 0 Å². The summed E-state index contributed by atoms with van der Waals surface area (Å²) in [5.74, 6) is 0.201. The molecule has 6 heteroatoms. The van der Waals surface area contributed by atoms with Gasteiger partial charge >= 0.3 is 5.69 Å². The van der Waals surface area contributed by atoms with Crippen LogP contribution in [0.1, 0.15) is 40.5 Å². The molecule has 4 N–H and O–H groups in total. The average molecular weight is 254 g/mol. The number of hydrogen-bond acceptors (Lipinski definition) is 4. The summed E-state index contributed by atoms with van der Waals surface area (Å²) >= 11 is 0. The SMILES string of the molecule is CCCn1c(N)c(NC(C)(C)CC)c(=O)[nH]c1=O. The molecule has 0 amide bonds. The van der Waals surface area contributed by atoms with Gasteiger partial charge in [-0.3, -0.25) is 14.3 Å². The van der Waals surface area contributed by atoms with Gasteiger partial charge in [0.2, 0.25) is 0 Å². The molecule has 0 aliphatic carbocycles. The summed E-state index contributed by atoms with van der Waals surface area (Å²) in [6.45, 7) is 8.39. The molecule has 0 spiro atoms. The lowest BCUT2D eigenvalue weighted by molar-refractivity contribution is 0.544. The normalized spacial score (nSPS) is 11.6. The van der Waals surface area contributed by atoms with Crippen LogP contribution in [0.3, 0.4) is 0 Å². The number of nitrogens with two attached hydrogens (primary N) is 1. The molecule has 6 nitrogen and oxygen atoms in total. The summed E-state index contributed by atoms with van der Waals surface area (Å²) in [5.41, 5.74) is 5.01. The Morgan fingerprint density at radius 2 is 1.94 bits per heavy atom. The highest BCUT2D eigenvalue weighted by molar-refractivity contribution is 5.61. The second kappa shape index (κ2) is 5.29. The second-order valence-corrected chi connectivity index (χ2v) is 5.03. The van der Waals surface area contributed by atoms with Gasteiger partial charge in [0.15, 0.2) is 0 Å². The zero-order chi connectivity index (χ0) is 13.9. The van der Waals surface area contributed by atoms with Crippen molar-refractivity contribution in [3.8, 4) is 0 Å². The predicted molar refractivity (Wildman–Crippen MR) is 74.0 cm³/mol. The molecule has 0 bridgehead atoms. The minimum atomic E-state index is -0.466. The van der Waals surface area contributed by atoms with Crippen molar-refractivity contribution >= 4 is 11.5 Å². The van der Waals surface area contributed by atoms with Crippen molar-refractivity contribution in [2.75, 3.05) is 11.1 Å². The highest BCUT2D eigenvalue weighted by Crippen LogP contribution is 2.18. The van der Waals surface area contributed by atoms with E-state index >= 15 is 0 Å². The van der Waals surface area contributed by atoms with Crippen LogP contribution in [0.15, 0.2) is 9.59 Å². The lowest BCUT2D eigenvalue weighted by Crippen LogP contribution is -2.39. The van der Waals surface area contributed by atoms with E-state index in [1.165, 1.54) is 4.57 Å². The molecule has 18 heavy (non-hydrogen) atoms. The number of rotatable bonds is 5. The zero-order valence-electron chi connectivity index (χ0n) is 11.5. The minimum Gasteiger partial charge on any atom is -0.383 e. The molecule has 0 aromatic carbocycles. The molecule has 1 heterocycles. The van der Waals surface area contributed by atoms with E-state index in [1.807, 2.05) is 27.7 Å². The van der Waals surface area contributed by atoms with Crippen molar-refractivity contribution in [1.29, 1.82) is 0 Å². The van der Waals surface area contributed by atoms with Crippen molar-refractivity contribution in [3.63, 3.8) is 0 Å². The van der Waals surface area contributed by atoms with Gasteiger partial charge in [0.25, 0.3) is 5.56 Å². The van der Waals surface area contributed by atoms with E-state index in [4.69, 9.17) is 5.73 Å². The Bertz CT molecular complexity index is 528. The lowest BCUT2D eigenvalue weighted by Gasteiger charge is -2.26. The van der Waals surface area contributed by atoms with Gasteiger partial charge in [0.1, 0.15) is 11.5 Å². The molecular weight excluding hydrogens is 232 g/mol. The predicted octanol–water partition coefficient (Wildman–Crippen LogP) is 1.13. The topological polar surface area (TPSA) is 92.9 Å². The molecule has 0 aliphatic heterocycles. The highest BCUT2D eigenvalue weighted by Gasteiger charge is 2.20. The van der Waals surface area contributed by atoms with Gasteiger partial charge in [-0.05, 0) is 26.7 Å². The van der Waals surface area contributed by atoms with Crippen LogP contribution in [0.5, 0.6) is 0 Å². The van der Waals surface area contributed by atoms with Gasteiger partial charge < -0.3 is 11.1 Å². The number of aromatic nitrogens is 2. The third-order valence-electron chi connectivity index (χ3n) is 3.03. The summed E-state index contributed by atoms with van der Waals surface area (Å²) < 4.78 is 1.38. The Hall–Kier alpha value is -1.72. The number of nitrogens with one attached hydrogen (secondary N) is 2. The summed E-state index contributed by atoms with van der Waals surface area (Å²) in [6.07, 6.45) is 1.60. The van der Waals surface area contributed by atoms with Crippen LogP contribution in [-0.2, 0) is 6.54 Å². The zero-order valence-corrected chi connectivity index (χ0v) is 11.5. The third-order valence-corrected chi connectivity index (χ3v) is 3.03. The number of anilines is 2. The lowest BCUT2D eigenvalue weighted by atomic mass is 10.0. The van der Waals surface area contributed by atoms with Gasteiger partial charge in [0.05, 0.1) is 0 Å². The van der Waals surface area contributed by atoms with Gasteiger partial charge in [0, 0.05) is 12.1 Å². The molecule has 0 atom stereocenters. The molecule has 0 aliphatic rings. The van der Waals surface area contributed by atoms with Crippen LogP contribution >= 0.6 is 0 Å². The van der Waals surface area contributed by atoms with Crippen LogP contribution in [0.4, 0.5) is 11.5 Å². The van der Waals surface area contributed by atoms with Crippen LogP contribution in [0.25, 0.3) is 0 Å². The number of H-pyrrole nitrogens is 1. The molecule has 0 radical (unpaired) electrons. The highest BCUT2D eigenvalue weighted by atomic mass is 16.2. The molecule has 1 aromatic rings. The Labute approximate surface area is 106 Å². The van der Waals surface area contributed by atoms with E-state index < -0.39 is 11.2 Å². The van der Waals surface area contributed by atoms with E-state index in [0.717, 1.165) is 12.8 Å². The number of nitrogen functional groups attached to an aromatic ring is 1. The maximum Gasteiger partial charge on any atom is 0.330 e.